The van der Waals surface area contributed by atoms with Crippen molar-refractivity contribution in [1.29, 1.82) is 5.41 Å². The highest BCUT2D eigenvalue weighted by atomic mass is 32.1. The van der Waals surface area contributed by atoms with Crippen LogP contribution in [0.25, 0.3) is 0 Å². The Morgan fingerprint density at radius 2 is 2.15 bits per heavy atom. The van der Waals surface area contributed by atoms with E-state index in [9.17, 15) is 15.0 Å². The summed E-state index contributed by atoms with van der Waals surface area (Å²) in [7, 11) is 0. The molecular formula is C18H30N2O6S. The third-order valence-electron chi connectivity index (χ3n) is 4.29. The Kier molecular flexibility index (Phi) is 10.5. The van der Waals surface area contributed by atoms with Crippen molar-refractivity contribution < 1.29 is 29.6 Å². The van der Waals surface area contributed by atoms with Crippen molar-refractivity contribution in [2.45, 2.75) is 63.9 Å². The smallest absolute Gasteiger partial charge is 0.373 e. The standard InChI is InChI=1S/C18H30N2O6S/c1-3-4-5-6-7-25-18(24)14-8-12(9-19)15(20-11(2)27)17(26-14)16(23)13(22)10-21/h8-9,12-13,15-17,19,21-23H,3-7,10H2,1-2H3,(H,20,27)/t12-,13?,15?,16?,17-/m1/s1. The van der Waals surface area contributed by atoms with Gasteiger partial charge in [0, 0.05) is 12.1 Å². The van der Waals surface area contributed by atoms with Gasteiger partial charge in [-0.3, -0.25) is 0 Å². The Morgan fingerprint density at radius 1 is 1.44 bits per heavy atom. The minimum atomic E-state index is -1.50. The number of aliphatic hydroxyl groups excluding tert-OH is 3. The Labute approximate surface area is 165 Å². The van der Waals surface area contributed by atoms with Gasteiger partial charge in [0.05, 0.1) is 24.2 Å². The summed E-state index contributed by atoms with van der Waals surface area (Å²) >= 11 is 5.04. The third-order valence-corrected chi connectivity index (χ3v) is 4.41. The van der Waals surface area contributed by atoms with E-state index in [1.165, 1.54) is 6.08 Å². The molecule has 1 aliphatic rings. The van der Waals surface area contributed by atoms with E-state index in [1.807, 2.05) is 0 Å². The van der Waals surface area contributed by atoms with Crippen LogP contribution in [0.15, 0.2) is 11.8 Å². The quantitative estimate of drug-likeness (QED) is 0.147. The van der Waals surface area contributed by atoms with Crippen molar-refractivity contribution in [1.82, 2.24) is 5.32 Å². The fourth-order valence-corrected chi connectivity index (χ4v) is 2.95. The number of hydrogen-bond donors (Lipinski definition) is 5. The zero-order valence-electron chi connectivity index (χ0n) is 15.8. The van der Waals surface area contributed by atoms with Gasteiger partial charge in [-0.2, -0.15) is 0 Å². The van der Waals surface area contributed by atoms with Crippen LogP contribution in [-0.4, -0.2) is 70.1 Å². The second kappa shape index (κ2) is 12.0. The van der Waals surface area contributed by atoms with Crippen LogP contribution in [0, 0.1) is 11.3 Å². The molecule has 0 aromatic carbocycles. The molecule has 1 rings (SSSR count). The van der Waals surface area contributed by atoms with Crippen LogP contribution < -0.4 is 5.32 Å². The number of aliphatic hydroxyl groups is 3. The third kappa shape index (κ3) is 7.17. The average Bonchev–Trinajstić information content (AvgIpc) is 2.65. The number of esters is 1. The highest BCUT2D eigenvalue weighted by Crippen LogP contribution is 2.26. The lowest BCUT2D eigenvalue weighted by Gasteiger charge is -2.39. The number of rotatable bonds is 11. The van der Waals surface area contributed by atoms with Gasteiger partial charge in [-0.25, -0.2) is 4.79 Å². The first-order chi connectivity index (χ1) is 12.8. The molecule has 0 aliphatic carbocycles. The van der Waals surface area contributed by atoms with Crippen LogP contribution >= 0.6 is 12.2 Å². The molecule has 0 radical (unpaired) electrons. The van der Waals surface area contributed by atoms with E-state index in [-0.39, 0.29) is 12.4 Å². The van der Waals surface area contributed by atoms with E-state index in [0.717, 1.165) is 31.9 Å². The molecule has 8 nitrogen and oxygen atoms in total. The summed E-state index contributed by atoms with van der Waals surface area (Å²) in [6.07, 6.45) is 2.29. The topological polar surface area (TPSA) is 132 Å². The van der Waals surface area contributed by atoms with Crippen LogP contribution in [-0.2, 0) is 14.3 Å². The van der Waals surface area contributed by atoms with Crippen molar-refractivity contribution in [2.24, 2.45) is 5.92 Å². The molecule has 0 saturated heterocycles. The molecule has 5 atom stereocenters. The minimum absolute atomic E-state index is 0.131. The summed E-state index contributed by atoms with van der Waals surface area (Å²) in [5, 5.41) is 39.8. The Hall–Kier alpha value is -1.55. The largest absolute Gasteiger partial charge is 0.478 e. The molecule has 0 spiro atoms. The highest BCUT2D eigenvalue weighted by molar-refractivity contribution is 7.80. The molecule has 154 valence electrons. The Bertz CT molecular complexity index is 542. The summed E-state index contributed by atoms with van der Waals surface area (Å²) in [5.74, 6) is -1.44. The number of hydrogen-bond acceptors (Lipinski definition) is 8. The fourth-order valence-electron chi connectivity index (χ4n) is 2.81. The lowest BCUT2D eigenvalue weighted by Crippen LogP contribution is -2.58. The van der Waals surface area contributed by atoms with Gasteiger partial charge in [0.2, 0.25) is 5.76 Å². The maximum Gasteiger partial charge on any atom is 0.373 e. The van der Waals surface area contributed by atoms with E-state index in [2.05, 4.69) is 12.2 Å². The van der Waals surface area contributed by atoms with Crippen molar-refractivity contribution in [3.63, 3.8) is 0 Å². The van der Waals surface area contributed by atoms with Gasteiger partial charge in [0.1, 0.15) is 18.3 Å². The van der Waals surface area contributed by atoms with Gasteiger partial charge in [-0.15, -0.1) is 0 Å². The second-order valence-corrected chi connectivity index (χ2v) is 7.13. The summed E-state index contributed by atoms with van der Waals surface area (Å²) in [5.41, 5.74) is 0. The zero-order chi connectivity index (χ0) is 20.4. The van der Waals surface area contributed by atoms with E-state index >= 15 is 0 Å². The maximum atomic E-state index is 12.3. The average molecular weight is 403 g/mol. The van der Waals surface area contributed by atoms with Crippen molar-refractivity contribution in [2.75, 3.05) is 13.2 Å². The van der Waals surface area contributed by atoms with E-state index in [1.54, 1.807) is 6.92 Å². The molecule has 0 saturated carbocycles. The van der Waals surface area contributed by atoms with Crippen LogP contribution in [0.1, 0.15) is 39.5 Å². The molecule has 0 amide bonds. The molecule has 3 unspecified atom stereocenters. The normalized spacial score (nSPS) is 24.2. The van der Waals surface area contributed by atoms with Crippen LogP contribution in [0.3, 0.4) is 0 Å². The number of carbonyl (C=O) groups is 1. The molecule has 9 heteroatoms. The van der Waals surface area contributed by atoms with E-state index < -0.39 is 42.8 Å². The number of ether oxygens (including phenoxy) is 2. The fraction of sp³-hybridized carbons (Fsp3) is 0.722. The number of unbranched alkanes of at least 4 members (excludes halogenated alkanes) is 3. The molecular weight excluding hydrogens is 372 g/mol. The summed E-state index contributed by atoms with van der Waals surface area (Å²) in [4.78, 5) is 12.7. The van der Waals surface area contributed by atoms with Crippen molar-refractivity contribution in [3.8, 4) is 0 Å². The monoisotopic (exact) mass is 402 g/mol. The molecule has 27 heavy (non-hydrogen) atoms. The van der Waals surface area contributed by atoms with Gasteiger partial charge in [0.15, 0.2) is 0 Å². The van der Waals surface area contributed by atoms with Gasteiger partial charge in [-0.05, 0) is 19.4 Å². The first kappa shape index (κ1) is 23.5. The molecule has 0 fully saturated rings. The number of nitrogens with one attached hydrogen (secondary N) is 2. The van der Waals surface area contributed by atoms with Crippen molar-refractivity contribution in [3.05, 3.63) is 11.8 Å². The zero-order valence-corrected chi connectivity index (χ0v) is 16.6. The molecule has 0 bridgehead atoms. The van der Waals surface area contributed by atoms with E-state index in [4.69, 9.17) is 32.2 Å². The Morgan fingerprint density at radius 3 is 2.70 bits per heavy atom. The van der Waals surface area contributed by atoms with Gasteiger partial charge in [-0.1, -0.05) is 38.4 Å². The predicted molar refractivity (Wildman–Crippen MR) is 105 cm³/mol. The van der Waals surface area contributed by atoms with Gasteiger partial charge < -0.3 is 35.5 Å². The van der Waals surface area contributed by atoms with Gasteiger partial charge >= 0.3 is 5.97 Å². The first-order valence-electron chi connectivity index (χ1n) is 9.15. The summed E-state index contributed by atoms with van der Waals surface area (Å²) in [6.45, 7) is 3.29. The van der Waals surface area contributed by atoms with Crippen LogP contribution in [0.5, 0.6) is 0 Å². The van der Waals surface area contributed by atoms with Crippen LogP contribution in [0.2, 0.25) is 0 Å². The second-order valence-electron chi connectivity index (χ2n) is 6.52. The van der Waals surface area contributed by atoms with Crippen molar-refractivity contribution >= 4 is 29.4 Å². The van der Waals surface area contributed by atoms with E-state index in [0.29, 0.717) is 4.99 Å². The maximum absolute atomic E-state index is 12.3. The SMILES string of the molecule is CCCCCCOC(=O)C1=C[C@H](C=N)C(NC(C)=S)[C@H](C(O)C(O)CO)O1. The molecule has 5 N–H and O–H groups in total. The molecule has 0 aromatic rings. The van der Waals surface area contributed by atoms with Gasteiger partial charge in [0.25, 0.3) is 0 Å². The predicted octanol–water partition coefficient (Wildman–Crippen LogP) is 0.678. The minimum Gasteiger partial charge on any atom is -0.478 e. The summed E-state index contributed by atoms with van der Waals surface area (Å²) in [6, 6.07) is -0.683. The number of thiocarbonyl (C=S) groups is 1. The first-order valence-corrected chi connectivity index (χ1v) is 9.56. The lowest BCUT2D eigenvalue weighted by atomic mass is 9.88. The molecule has 0 aromatic heterocycles. The van der Waals surface area contributed by atoms with Crippen LogP contribution in [0.4, 0.5) is 0 Å². The molecule has 1 aliphatic heterocycles. The highest BCUT2D eigenvalue weighted by Gasteiger charge is 2.42. The lowest BCUT2D eigenvalue weighted by molar-refractivity contribution is -0.151. The molecule has 1 heterocycles. The summed E-state index contributed by atoms with van der Waals surface area (Å²) < 4.78 is 10.8. The Balaban J connectivity index is 2.92. The number of carbonyl (C=O) groups excluding carboxylic acids is 1.